The Morgan fingerprint density at radius 2 is 1.56 bits per heavy atom. The second-order valence-electron chi connectivity index (χ2n) is 7.30. The lowest BCUT2D eigenvalue weighted by Crippen LogP contribution is -2.32. The van der Waals surface area contributed by atoms with Crippen molar-refractivity contribution in [3.05, 3.63) is 101 Å². The lowest BCUT2D eigenvalue weighted by molar-refractivity contribution is -0.117. The third-order valence-corrected chi connectivity index (χ3v) is 4.98. The fourth-order valence-corrected chi connectivity index (χ4v) is 3.10. The van der Waals surface area contributed by atoms with E-state index in [2.05, 4.69) is 20.6 Å². The van der Waals surface area contributed by atoms with Crippen LogP contribution in [-0.4, -0.2) is 45.3 Å². The third-order valence-electron chi connectivity index (χ3n) is 4.98. The standard InChI is InChI=1S/C27H25N3O6/c1-34-22-13-14-24(35-2)21(15-22)16-23(29-25(31)19-7-5-4-6-8-19)26(32)30-28-17-18-9-11-20(12-10-18)27(33)36-3/h4-17H,1-3H3,(H,29,31)(H,30,32)/b23-16-,28-17-. The number of nitrogens with one attached hydrogen (secondary N) is 2. The highest BCUT2D eigenvalue weighted by atomic mass is 16.5. The van der Waals surface area contributed by atoms with Crippen LogP contribution in [0.5, 0.6) is 11.5 Å². The summed E-state index contributed by atoms with van der Waals surface area (Å²) in [4.78, 5) is 37.3. The fraction of sp³-hybridized carbons (Fsp3) is 0.111. The quantitative estimate of drug-likeness (QED) is 0.207. The molecule has 0 unspecified atom stereocenters. The summed E-state index contributed by atoms with van der Waals surface area (Å²) in [5, 5.41) is 6.60. The smallest absolute Gasteiger partial charge is 0.337 e. The van der Waals surface area contributed by atoms with Crippen molar-refractivity contribution < 1.29 is 28.6 Å². The summed E-state index contributed by atoms with van der Waals surface area (Å²) in [5.74, 6) is -0.564. The number of nitrogens with zero attached hydrogens (tertiary/aromatic N) is 1. The Kier molecular flexibility index (Phi) is 8.94. The number of esters is 1. The van der Waals surface area contributed by atoms with Gasteiger partial charge in [0.1, 0.15) is 17.2 Å². The van der Waals surface area contributed by atoms with Crippen LogP contribution in [-0.2, 0) is 9.53 Å². The number of rotatable bonds is 9. The summed E-state index contributed by atoms with van der Waals surface area (Å²) in [7, 11) is 4.32. The Morgan fingerprint density at radius 3 is 2.19 bits per heavy atom. The van der Waals surface area contributed by atoms with Crippen LogP contribution in [0.2, 0.25) is 0 Å². The maximum atomic E-state index is 13.0. The monoisotopic (exact) mass is 487 g/mol. The van der Waals surface area contributed by atoms with E-state index in [9.17, 15) is 14.4 Å². The predicted molar refractivity (Wildman–Crippen MR) is 135 cm³/mol. The van der Waals surface area contributed by atoms with Gasteiger partial charge in [-0.1, -0.05) is 30.3 Å². The Balaban J connectivity index is 1.85. The Labute approximate surface area is 208 Å². The van der Waals surface area contributed by atoms with Gasteiger partial charge in [-0.2, -0.15) is 5.10 Å². The normalized spacial score (nSPS) is 11.0. The van der Waals surface area contributed by atoms with Crippen LogP contribution in [0.4, 0.5) is 0 Å². The Bertz CT molecular complexity index is 1280. The van der Waals surface area contributed by atoms with Crippen LogP contribution in [0, 0.1) is 0 Å². The molecule has 3 aromatic rings. The van der Waals surface area contributed by atoms with Crippen LogP contribution in [0.3, 0.4) is 0 Å². The molecule has 0 spiro atoms. The first-order valence-electron chi connectivity index (χ1n) is 10.8. The van der Waals surface area contributed by atoms with Crippen molar-refractivity contribution in [1.82, 2.24) is 10.7 Å². The average molecular weight is 488 g/mol. The summed E-state index contributed by atoms with van der Waals surface area (Å²) >= 11 is 0. The molecule has 0 saturated carbocycles. The number of carbonyl (C=O) groups excluding carboxylic acids is 3. The number of ether oxygens (including phenoxy) is 3. The SMILES string of the molecule is COC(=O)c1ccc(/C=N\NC(=O)/C(=C/c2cc(OC)ccc2OC)NC(=O)c2ccccc2)cc1. The van der Waals surface area contributed by atoms with Crippen LogP contribution in [0.1, 0.15) is 31.8 Å². The van der Waals surface area contributed by atoms with E-state index in [1.165, 1.54) is 33.6 Å². The maximum absolute atomic E-state index is 13.0. The molecule has 184 valence electrons. The maximum Gasteiger partial charge on any atom is 0.337 e. The predicted octanol–water partition coefficient (Wildman–Crippen LogP) is 3.41. The summed E-state index contributed by atoms with van der Waals surface area (Å²) in [6.45, 7) is 0. The van der Waals surface area contributed by atoms with Crippen LogP contribution < -0.4 is 20.2 Å². The molecule has 0 saturated heterocycles. The van der Waals surface area contributed by atoms with E-state index < -0.39 is 17.8 Å². The molecule has 0 aromatic heterocycles. The molecule has 0 aliphatic carbocycles. The highest BCUT2D eigenvalue weighted by molar-refractivity contribution is 6.05. The number of methoxy groups -OCH3 is 3. The lowest BCUT2D eigenvalue weighted by atomic mass is 10.1. The minimum atomic E-state index is -0.661. The van der Waals surface area contributed by atoms with Gasteiger partial charge in [-0.05, 0) is 54.1 Å². The van der Waals surface area contributed by atoms with E-state index >= 15 is 0 Å². The molecule has 3 rings (SSSR count). The van der Waals surface area contributed by atoms with E-state index in [1.807, 2.05) is 0 Å². The average Bonchev–Trinajstić information content (AvgIpc) is 2.92. The Morgan fingerprint density at radius 1 is 0.833 bits per heavy atom. The number of carbonyl (C=O) groups is 3. The minimum Gasteiger partial charge on any atom is -0.497 e. The van der Waals surface area contributed by atoms with Gasteiger partial charge in [0.2, 0.25) is 0 Å². The van der Waals surface area contributed by atoms with Gasteiger partial charge < -0.3 is 19.5 Å². The molecule has 0 aliphatic rings. The summed E-state index contributed by atoms with van der Waals surface area (Å²) in [6, 6.07) is 20.0. The van der Waals surface area contributed by atoms with E-state index in [1.54, 1.807) is 72.8 Å². The highest BCUT2D eigenvalue weighted by Gasteiger charge is 2.16. The molecule has 2 N–H and O–H groups in total. The first kappa shape index (κ1) is 25.7. The van der Waals surface area contributed by atoms with Gasteiger partial charge >= 0.3 is 5.97 Å². The summed E-state index contributed by atoms with van der Waals surface area (Å²) in [6.07, 6.45) is 2.87. The Hall–Kier alpha value is -4.92. The third kappa shape index (κ3) is 6.80. The van der Waals surface area contributed by atoms with Crippen molar-refractivity contribution in [3.63, 3.8) is 0 Å². The molecule has 3 aromatic carbocycles. The molecular formula is C27H25N3O6. The van der Waals surface area contributed by atoms with Crippen molar-refractivity contribution in [3.8, 4) is 11.5 Å². The van der Waals surface area contributed by atoms with Crippen molar-refractivity contribution in [2.75, 3.05) is 21.3 Å². The highest BCUT2D eigenvalue weighted by Crippen LogP contribution is 2.26. The molecule has 9 heteroatoms. The number of benzene rings is 3. The molecular weight excluding hydrogens is 462 g/mol. The molecule has 0 bridgehead atoms. The summed E-state index contributed by atoms with van der Waals surface area (Å²) in [5.41, 5.74) is 4.26. The van der Waals surface area contributed by atoms with Crippen molar-refractivity contribution >= 4 is 30.1 Å². The van der Waals surface area contributed by atoms with E-state index in [0.29, 0.717) is 33.8 Å². The van der Waals surface area contributed by atoms with Crippen molar-refractivity contribution in [2.24, 2.45) is 5.10 Å². The van der Waals surface area contributed by atoms with Crippen molar-refractivity contribution in [2.45, 2.75) is 0 Å². The zero-order chi connectivity index (χ0) is 25.9. The van der Waals surface area contributed by atoms with Gasteiger partial charge in [-0.25, -0.2) is 10.2 Å². The van der Waals surface area contributed by atoms with Crippen LogP contribution >= 0.6 is 0 Å². The number of hydrogen-bond donors (Lipinski definition) is 2. The second-order valence-corrected chi connectivity index (χ2v) is 7.30. The van der Waals surface area contributed by atoms with Gasteiger partial charge in [-0.3, -0.25) is 9.59 Å². The topological polar surface area (TPSA) is 115 Å². The summed E-state index contributed by atoms with van der Waals surface area (Å²) < 4.78 is 15.3. The molecule has 0 heterocycles. The molecule has 9 nitrogen and oxygen atoms in total. The first-order chi connectivity index (χ1) is 17.4. The van der Waals surface area contributed by atoms with Gasteiger partial charge in [0.15, 0.2) is 0 Å². The van der Waals surface area contributed by atoms with Crippen LogP contribution in [0.15, 0.2) is 83.6 Å². The number of amides is 2. The molecule has 36 heavy (non-hydrogen) atoms. The fourth-order valence-electron chi connectivity index (χ4n) is 3.10. The van der Waals surface area contributed by atoms with Gasteiger partial charge in [0.05, 0.1) is 33.1 Å². The van der Waals surface area contributed by atoms with Crippen LogP contribution in [0.25, 0.3) is 6.08 Å². The second kappa shape index (κ2) is 12.5. The molecule has 2 amide bonds. The van der Waals surface area contributed by atoms with E-state index in [-0.39, 0.29) is 5.70 Å². The molecule has 0 atom stereocenters. The van der Waals surface area contributed by atoms with Gasteiger partial charge in [0, 0.05) is 11.1 Å². The molecule has 0 aliphatic heterocycles. The van der Waals surface area contributed by atoms with E-state index in [4.69, 9.17) is 9.47 Å². The first-order valence-corrected chi connectivity index (χ1v) is 10.8. The van der Waals surface area contributed by atoms with Gasteiger partial charge in [0.25, 0.3) is 11.8 Å². The van der Waals surface area contributed by atoms with E-state index in [0.717, 1.165) is 0 Å². The number of hydrogen-bond acceptors (Lipinski definition) is 7. The molecule has 0 radical (unpaired) electrons. The van der Waals surface area contributed by atoms with Crippen molar-refractivity contribution in [1.29, 1.82) is 0 Å². The zero-order valence-corrected chi connectivity index (χ0v) is 20.0. The minimum absolute atomic E-state index is 0.0615. The number of hydrazone groups is 1. The lowest BCUT2D eigenvalue weighted by Gasteiger charge is -2.12. The molecule has 0 fully saturated rings. The zero-order valence-electron chi connectivity index (χ0n) is 20.0. The largest absolute Gasteiger partial charge is 0.497 e. The van der Waals surface area contributed by atoms with Gasteiger partial charge in [-0.15, -0.1) is 0 Å².